The van der Waals surface area contributed by atoms with Gasteiger partial charge in [-0.2, -0.15) is 0 Å². The lowest BCUT2D eigenvalue weighted by Gasteiger charge is -2.32. The van der Waals surface area contributed by atoms with E-state index in [-0.39, 0.29) is 5.56 Å². The first-order valence-electron chi connectivity index (χ1n) is 10.9. The lowest BCUT2D eigenvalue weighted by atomic mass is 9.99. The highest BCUT2D eigenvalue weighted by Gasteiger charge is 2.27. The maximum absolute atomic E-state index is 13.9. The second kappa shape index (κ2) is 7.95. The Morgan fingerprint density at radius 3 is 2.80 bits per heavy atom. The van der Waals surface area contributed by atoms with Crippen LogP contribution in [0, 0.1) is 0 Å². The number of halogens is 2. The van der Waals surface area contributed by atoms with Crippen molar-refractivity contribution in [1.82, 2.24) is 19.5 Å². The van der Waals surface area contributed by atoms with E-state index in [0.717, 1.165) is 56.4 Å². The van der Waals surface area contributed by atoms with E-state index in [0.29, 0.717) is 29.2 Å². The molecule has 2 aromatic heterocycles. The van der Waals surface area contributed by atoms with Crippen molar-refractivity contribution in [2.24, 2.45) is 0 Å². The van der Waals surface area contributed by atoms with Gasteiger partial charge in [-0.3, -0.25) is 4.40 Å². The van der Waals surface area contributed by atoms with E-state index >= 15 is 0 Å². The van der Waals surface area contributed by atoms with Crippen LogP contribution in [-0.4, -0.2) is 45.2 Å². The van der Waals surface area contributed by atoms with Crippen LogP contribution in [0.1, 0.15) is 56.1 Å². The normalized spacial score (nSPS) is 20.2. The molecule has 1 aromatic carbocycles. The highest BCUT2D eigenvalue weighted by Crippen LogP contribution is 2.43. The van der Waals surface area contributed by atoms with E-state index in [9.17, 15) is 8.78 Å². The van der Waals surface area contributed by atoms with Crippen molar-refractivity contribution in [3.63, 3.8) is 0 Å². The van der Waals surface area contributed by atoms with Crippen LogP contribution in [-0.2, 0) is 0 Å². The molecule has 7 heteroatoms. The zero-order chi connectivity index (χ0) is 20.7. The van der Waals surface area contributed by atoms with Crippen molar-refractivity contribution in [3.8, 4) is 11.3 Å². The van der Waals surface area contributed by atoms with Crippen molar-refractivity contribution in [1.29, 1.82) is 0 Å². The summed E-state index contributed by atoms with van der Waals surface area (Å²) in [5.41, 5.74) is 2.80. The maximum atomic E-state index is 13.9. The monoisotopic (exact) mass is 411 g/mol. The minimum Gasteiger partial charge on any atom is -0.350 e. The zero-order valence-electron chi connectivity index (χ0n) is 17.2. The number of likely N-dealkylation sites (N-methyl/N-ethyl adjacent to an activating group) is 1. The molecule has 1 aliphatic carbocycles. The molecule has 158 valence electrons. The molecule has 5 nitrogen and oxygen atoms in total. The fourth-order valence-electron chi connectivity index (χ4n) is 4.54. The Kier molecular flexibility index (Phi) is 5.15. The van der Waals surface area contributed by atoms with Gasteiger partial charge in [0.25, 0.3) is 6.43 Å². The largest absolute Gasteiger partial charge is 0.350 e. The third-order valence-corrected chi connectivity index (χ3v) is 6.36. The molecular formula is C23H27F2N5. The molecule has 30 heavy (non-hydrogen) atoms. The van der Waals surface area contributed by atoms with Gasteiger partial charge in [-0.25, -0.2) is 8.78 Å². The van der Waals surface area contributed by atoms with E-state index in [4.69, 9.17) is 0 Å². The number of hydrogen-bond acceptors (Lipinski definition) is 4. The number of aromatic nitrogens is 3. The molecule has 1 saturated carbocycles. The number of rotatable bonds is 6. The Morgan fingerprint density at radius 2 is 2.03 bits per heavy atom. The van der Waals surface area contributed by atoms with Crippen molar-refractivity contribution >= 4 is 11.5 Å². The van der Waals surface area contributed by atoms with E-state index in [1.165, 1.54) is 0 Å². The Hall–Kier alpha value is -2.54. The van der Waals surface area contributed by atoms with Crippen LogP contribution in [0.5, 0.6) is 0 Å². The van der Waals surface area contributed by atoms with Crippen molar-refractivity contribution < 1.29 is 8.78 Å². The van der Waals surface area contributed by atoms with Crippen LogP contribution in [0.3, 0.4) is 0 Å². The molecule has 1 saturated heterocycles. The van der Waals surface area contributed by atoms with Gasteiger partial charge in [0.1, 0.15) is 5.69 Å². The van der Waals surface area contributed by atoms with Crippen LogP contribution >= 0.6 is 0 Å². The Balaban J connectivity index is 1.50. The maximum Gasteiger partial charge on any atom is 0.264 e. The van der Waals surface area contributed by atoms with Gasteiger partial charge in [-0.1, -0.05) is 19.1 Å². The molecule has 0 spiro atoms. The summed E-state index contributed by atoms with van der Waals surface area (Å²) in [6.07, 6.45) is 3.77. The zero-order valence-corrected chi connectivity index (χ0v) is 17.2. The van der Waals surface area contributed by atoms with Gasteiger partial charge in [0, 0.05) is 29.9 Å². The molecular weight excluding hydrogens is 384 g/mol. The summed E-state index contributed by atoms with van der Waals surface area (Å²) in [4.78, 5) is 2.42. The van der Waals surface area contributed by atoms with Gasteiger partial charge < -0.3 is 10.2 Å². The predicted octanol–water partition coefficient (Wildman–Crippen LogP) is 5.11. The van der Waals surface area contributed by atoms with Gasteiger partial charge in [-0.15, -0.1) is 10.2 Å². The van der Waals surface area contributed by atoms with Crippen molar-refractivity contribution in [3.05, 3.63) is 47.7 Å². The summed E-state index contributed by atoms with van der Waals surface area (Å²) in [7, 11) is 0. The summed E-state index contributed by atoms with van der Waals surface area (Å²) < 4.78 is 29.7. The minimum atomic E-state index is -2.55. The van der Waals surface area contributed by atoms with E-state index in [1.54, 1.807) is 12.1 Å². The molecule has 2 aliphatic rings. The number of alkyl halides is 2. The quantitative estimate of drug-likeness (QED) is 0.612. The number of hydrogen-bond donors (Lipinski definition) is 1. The van der Waals surface area contributed by atoms with Crippen molar-refractivity contribution in [2.45, 2.75) is 51.0 Å². The predicted molar refractivity (Wildman–Crippen MR) is 114 cm³/mol. The number of anilines is 1. The lowest BCUT2D eigenvalue weighted by molar-refractivity contribution is 0.152. The summed E-state index contributed by atoms with van der Waals surface area (Å²) >= 11 is 0. The Labute approximate surface area is 175 Å². The highest BCUT2D eigenvalue weighted by atomic mass is 19.3. The standard InChI is InChI=1S/C23H27F2N5/c1-2-29-11-3-5-17(14-29)26-23-28-27-21(20-6-4-12-30(20)23)18-10-9-16(15-7-8-15)13-19(18)22(24)25/h4,6,9-10,12-13,15,17,22H,2-3,5,7-8,11,14H2,1H3,(H,26,28)/t17-/m1/s1. The molecule has 5 rings (SSSR count). The molecule has 0 amide bonds. The van der Waals surface area contributed by atoms with Gasteiger partial charge >= 0.3 is 0 Å². The topological polar surface area (TPSA) is 45.5 Å². The summed E-state index contributed by atoms with van der Waals surface area (Å²) in [6, 6.07) is 9.55. The van der Waals surface area contributed by atoms with Gasteiger partial charge in [0.15, 0.2) is 0 Å². The molecule has 0 bridgehead atoms. The van der Waals surface area contributed by atoms with Crippen LogP contribution in [0.25, 0.3) is 16.8 Å². The van der Waals surface area contributed by atoms with Crippen LogP contribution in [0.4, 0.5) is 14.7 Å². The lowest BCUT2D eigenvalue weighted by Crippen LogP contribution is -2.42. The van der Waals surface area contributed by atoms with Crippen LogP contribution in [0.15, 0.2) is 36.5 Å². The van der Waals surface area contributed by atoms with Crippen molar-refractivity contribution in [2.75, 3.05) is 25.0 Å². The molecule has 3 aromatic rings. The molecule has 2 fully saturated rings. The molecule has 1 atom stereocenters. The molecule has 0 radical (unpaired) electrons. The van der Waals surface area contributed by atoms with E-state index in [2.05, 4.69) is 27.3 Å². The number of nitrogens with one attached hydrogen (secondary N) is 1. The van der Waals surface area contributed by atoms with Gasteiger partial charge in [-0.05, 0) is 68.5 Å². The number of piperidine rings is 1. The average Bonchev–Trinajstić information content (AvgIpc) is 3.50. The minimum absolute atomic E-state index is 0.0448. The molecule has 1 N–H and O–H groups in total. The van der Waals surface area contributed by atoms with E-state index in [1.807, 2.05) is 28.8 Å². The third-order valence-electron chi connectivity index (χ3n) is 6.36. The molecule has 0 unspecified atom stereocenters. The fourth-order valence-corrected chi connectivity index (χ4v) is 4.54. The Bertz CT molecular complexity index is 1040. The molecule has 1 aliphatic heterocycles. The van der Waals surface area contributed by atoms with E-state index < -0.39 is 6.43 Å². The number of fused-ring (bicyclic) bond motifs is 1. The number of benzene rings is 1. The third kappa shape index (κ3) is 3.67. The first-order chi connectivity index (χ1) is 14.6. The summed E-state index contributed by atoms with van der Waals surface area (Å²) in [6.45, 7) is 5.32. The fraction of sp³-hybridized carbons (Fsp3) is 0.478. The van der Waals surface area contributed by atoms with Crippen LogP contribution in [0.2, 0.25) is 0 Å². The van der Waals surface area contributed by atoms with Gasteiger partial charge in [0.05, 0.1) is 5.52 Å². The van der Waals surface area contributed by atoms with Gasteiger partial charge in [0.2, 0.25) is 5.95 Å². The first kappa shape index (κ1) is 19.4. The number of likely N-dealkylation sites (tertiary alicyclic amines) is 1. The first-order valence-corrected chi connectivity index (χ1v) is 10.9. The Morgan fingerprint density at radius 1 is 1.17 bits per heavy atom. The second-order valence-electron chi connectivity index (χ2n) is 8.43. The van der Waals surface area contributed by atoms with Crippen LogP contribution < -0.4 is 5.32 Å². The second-order valence-corrected chi connectivity index (χ2v) is 8.43. The number of nitrogens with zero attached hydrogens (tertiary/aromatic N) is 4. The average molecular weight is 412 g/mol. The smallest absolute Gasteiger partial charge is 0.264 e. The summed E-state index contributed by atoms with van der Waals surface area (Å²) in [5.74, 6) is 1.09. The molecule has 3 heterocycles. The SMILES string of the molecule is CCN1CCC[C@@H](Nc2nnc(-c3ccc(C4CC4)cc3C(F)F)c3cccn23)C1. The highest BCUT2D eigenvalue weighted by molar-refractivity contribution is 5.80. The summed E-state index contributed by atoms with van der Waals surface area (Å²) in [5, 5.41) is 12.3.